The molecule has 0 fully saturated rings. The molecule has 0 saturated carbocycles. The van der Waals surface area contributed by atoms with Gasteiger partial charge in [0.15, 0.2) is 0 Å². The Hall–Kier alpha value is -1.63. The van der Waals surface area contributed by atoms with Crippen LogP contribution in [0.5, 0.6) is 0 Å². The van der Waals surface area contributed by atoms with Crippen LogP contribution in [0.2, 0.25) is 0 Å². The highest BCUT2D eigenvalue weighted by molar-refractivity contribution is 5.70. The van der Waals surface area contributed by atoms with E-state index in [1.165, 1.54) is 51.4 Å². The number of carbonyl (C=O) groups excluding carboxylic acids is 3. The number of ether oxygens (including phenoxy) is 3. The molecule has 0 amide bonds. The van der Waals surface area contributed by atoms with Gasteiger partial charge in [-0.15, -0.1) is 0 Å². The van der Waals surface area contributed by atoms with Crippen LogP contribution in [0.15, 0.2) is 0 Å². The summed E-state index contributed by atoms with van der Waals surface area (Å²) in [5, 5.41) is 0. The first-order valence-electron chi connectivity index (χ1n) is 24.9. The SMILES string of the molecule is CC(C)CCC(CCCOC(=O)CCCCCCCCCC(CCCCCCCCCC(=O)OCCCC(CCC(C)C)C(C)C)OC(=O)CCCN(C)C)C(C)C. The second-order valence-electron chi connectivity index (χ2n) is 19.7. The summed E-state index contributed by atoms with van der Waals surface area (Å²) in [4.78, 5) is 39.2. The topological polar surface area (TPSA) is 82.1 Å². The van der Waals surface area contributed by atoms with Crippen LogP contribution in [0.3, 0.4) is 0 Å². The van der Waals surface area contributed by atoms with Crippen molar-refractivity contribution in [3.05, 3.63) is 0 Å². The highest BCUT2D eigenvalue weighted by Gasteiger charge is 2.17. The molecule has 0 heterocycles. The smallest absolute Gasteiger partial charge is 0.306 e. The predicted molar refractivity (Wildman–Crippen MR) is 246 cm³/mol. The Kier molecular flexibility index (Phi) is 37.2. The lowest BCUT2D eigenvalue weighted by atomic mass is 9.85. The van der Waals surface area contributed by atoms with E-state index in [0.717, 1.165) is 139 Å². The molecule has 2 unspecified atom stereocenters. The summed E-state index contributed by atoms with van der Waals surface area (Å²) in [6, 6.07) is 0. The van der Waals surface area contributed by atoms with Crippen LogP contribution in [-0.4, -0.2) is 62.8 Å². The fourth-order valence-electron chi connectivity index (χ4n) is 8.02. The van der Waals surface area contributed by atoms with Crippen LogP contribution in [-0.2, 0) is 28.6 Å². The zero-order chi connectivity index (χ0) is 43.4. The van der Waals surface area contributed by atoms with E-state index in [1.807, 2.05) is 14.1 Å². The molecule has 0 aromatic carbocycles. The minimum absolute atomic E-state index is 0.0245. The molecule has 0 aliphatic carbocycles. The molecule has 7 nitrogen and oxygen atoms in total. The van der Waals surface area contributed by atoms with Gasteiger partial charge in [-0.25, -0.2) is 0 Å². The van der Waals surface area contributed by atoms with Gasteiger partial charge in [0.1, 0.15) is 6.10 Å². The van der Waals surface area contributed by atoms with E-state index in [0.29, 0.717) is 44.3 Å². The third-order valence-electron chi connectivity index (χ3n) is 12.2. The lowest BCUT2D eigenvalue weighted by Crippen LogP contribution is -2.20. The Balaban J connectivity index is 4.15. The number of unbranched alkanes of at least 4 members (excludes halogenated alkanes) is 12. The highest BCUT2D eigenvalue weighted by atomic mass is 16.5. The standard InChI is InChI=1S/C51H99NO6/c1-42(2)35-37-46(44(5)6)28-26-40-56-49(53)32-23-19-15-11-13-17-21-30-48(58-51(55)34-25-39-52(9)10)31-22-18-14-12-16-20-24-33-50(54)57-41-27-29-47(45(7)8)38-36-43(3)4/h42-48H,11-41H2,1-10H3. The van der Waals surface area contributed by atoms with Crippen molar-refractivity contribution >= 4 is 17.9 Å². The number of hydrogen-bond donors (Lipinski definition) is 0. The molecule has 0 aromatic heterocycles. The van der Waals surface area contributed by atoms with Gasteiger partial charge >= 0.3 is 17.9 Å². The van der Waals surface area contributed by atoms with Crippen LogP contribution < -0.4 is 0 Å². The molecule has 0 saturated heterocycles. The third kappa shape index (κ3) is 37.4. The Morgan fingerprint density at radius 1 is 0.397 bits per heavy atom. The lowest BCUT2D eigenvalue weighted by molar-refractivity contribution is -0.150. The summed E-state index contributed by atoms with van der Waals surface area (Å²) >= 11 is 0. The molecule has 7 heteroatoms. The van der Waals surface area contributed by atoms with Crippen molar-refractivity contribution in [1.82, 2.24) is 4.90 Å². The largest absolute Gasteiger partial charge is 0.466 e. The van der Waals surface area contributed by atoms with Crippen molar-refractivity contribution in [2.75, 3.05) is 33.9 Å². The monoisotopic (exact) mass is 822 g/mol. The molecule has 0 N–H and O–H groups in total. The summed E-state index contributed by atoms with van der Waals surface area (Å²) in [5.74, 6) is 4.21. The third-order valence-corrected chi connectivity index (χ3v) is 12.2. The van der Waals surface area contributed by atoms with E-state index in [2.05, 4.69) is 60.3 Å². The maximum Gasteiger partial charge on any atom is 0.306 e. The van der Waals surface area contributed by atoms with Gasteiger partial charge in [0.05, 0.1) is 13.2 Å². The molecule has 0 aliphatic heterocycles. The number of esters is 3. The van der Waals surface area contributed by atoms with Gasteiger partial charge < -0.3 is 19.1 Å². The van der Waals surface area contributed by atoms with E-state index < -0.39 is 0 Å². The second kappa shape index (κ2) is 38.3. The van der Waals surface area contributed by atoms with Crippen LogP contribution in [0.4, 0.5) is 0 Å². The molecule has 0 aromatic rings. The zero-order valence-corrected chi connectivity index (χ0v) is 40.4. The molecule has 0 rings (SSSR count). The minimum atomic E-state index is -0.0494. The van der Waals surface area contributed by atoms with Gasteiger partial charge in [-0.1, -0.05) is 132 Å². The molecular formula is C51H99NO6. The average molecular weight is 822 g/mol. The number of nitrogens with zero attached hydrogens (tertiary/aromatic N) is 1. The Labute approximate surface area is 361 Å². The van der Waals surface area contributed by atoms with Crippen molar-refractivity contribution in [3.63, 3.8) is 0 Å². The van der Waals surface area contributed by atoms with Gasteiger partial charge in [0.2, 0.25) is 0 Å². The van der Waals surface area contributed by atoms with Crippen LogP contribution in [0.1, 0.15) is 235 Å². The van der Waals surface area contributed by atoms with Gasteiger partial charge in [-0.3, -0.25) is 14.4 Å². The van der Waals surface area contributed by atoms with Crippen molar-refractivity contribution < 1.29 is 28.6 Å². The summed E-state index contributed by atoms with van der Waals surface area (Å²) in [6.07, 6.45) is 29.3. The van der Waals surface area contributed by atoms with Gasteiger partial charge in [0, 0.05) is 19.3 Å². The quantitative estimate of drug-likeness (QED) is 0.0345. The number of hydrogen-bond acceptors (Lipinski definition) is 7. The summed E-state index contributed by atoms with van der Waals surface area (Å²) in [7, 11) is 4.07. The van der Waals surface area contributed by atoms with E-state index in [1.54, 1.807) is 0 Å². The van der Waals surface area contributed by atoms with E-state index in [-0.39, 0.29) is 24.0 Å². The molecule has 0 radical (unpaired) electrons. The van der Waals surface area contributed by atoms with Crippen molar-refractivity contribution in [2.45, 2.75) is 241 Å². The first-order valence-corrected chi connectivity index (χ1v) is 24.9. The lowest BCUT2D eigenvalue weighted by Gasteiger charge is -2.21. The van der Waals surface area contributed by atoms with Crippen LogP contribution >= 0.6 is 0 Å². The minimum Gasteiger partial charge on any atom is -0.466 e. The van der Waals surface area contributed by atoms with Crippen molar-refractivity contribution in [1.29, 1.82) is 0 Å². The first kappa shape index (κ1) is 56.4. The molecule has 2 atom stereocenters. The van der Waals surface area contributed by atoms with Crippen LogP contribution in [0.25, 0.3) is 0 Å². The Morgan fingerprint density at radius 3 is 1.12 bits per heavy atom. The predicted octanol–water partition coefficient (Wildman–Crippen LogP) is 14.3. The Bertz CT molecular complexity index is 901. The van der Waals surface area contributed by atoms with Gasteiger partial charge in [-0.05, 0) is 140 Å². The normalized spacial score (nSPS) is 13.5. The average Bonchev–Trinajstić information content (AvgIpc) is 3.14. The number of carbonyl (C=O) groups is 3. The fraction of sp³-hybridized carbons (Fsp3) is 0.941. The maximum atomic E-state index is 12.6. The second-order valence-corrected chi connectivity index (χ2v) is 19.7. The summed E-state index contributed by atoms with van der Waals surface area (Å²) in [5.41, 5.74) is 0. The van der Waals surface area contributed by atoms with E-state index in [4.69, 9.17) is 14.2 Å². The summed E-state index contributed by atoms with van der Waals surface area (Å²) in [6.45, 7) is 20.5. The number of rotatable bonds is 41. The summed E-state index contributed by atoms with van der Waals surface area (Å²) < 4.78 is 17.1. The fourth-order valence-corrected chi connectivity index (χ4v) is 8.02. The molecule has 0 bridgehead atoms. The van der Waals surface area contributed by atoms with Gasteiger partial charge in [0.25, 0.3) is 0 Å². The molecular weight excluding hydrogens is 723 g/mol. The first-order chi connectivity index (χ1) is 27.7. The maximum absolute atomic E-state index is 12.6. The zero-order valence-electron chi connectivity index (χ0n) is 40.4. The highest BCUT2D eigenvalue weighted by Crippen LogP contribution is 2.26. The van der Waals surface area contributed by atoms with Crippen molar-refractivity contribution in [2.24, 2.45) is 35.5 Å². The molecule has 58 heavy (non-hydrogen) atoms. The van der Waals surface area contributed by atoms with Gasteiger partial charge in [-0.2, -0.15) is 0 Å². The van der Waals surface area contributed by atoms with Crippen LogP contribution in [0, 0.1) is 35.5 Å². The van der Waals surface area contributed by atoms with E-state index >= 15 is 0 Å². The Morgan fingerprint density at radius 2 is 0.759 bits per heavy atom. The molecule has 344 valence electrons. The van der Waals surface area contributed by atoms with Crippen molar-refractivity contribution in [3.8, 4) is 0 Å². The molecule has 0 spiro atoms. The molecule has 0 aliphatic rings. The van der Waals surface area contributed by atoms with E-state index in [9.17, 15) is 14.4 Å².